The zero-order chi connectivity index (χ0) is 30.2. The highest BCUT2D eigenvalue weighted by Gasteiger charge is 2.68. The van der Waals surface area contributed by atoms with Crippen molar-refractivity contribution in [3.63, 3.8) is 0 Å². The molecule has 1 aliphatic heterocycles. The van der Waals surface area contributed by atoms with Gasteiger partial charge >= 0.3 is 13.1 Å². The lowest BCUT2D eigenvalue weighted by atomic mass is 9.43. The predicted octanol–water partition coefficient (Wildman–Crippen LogP) is 4.86. The van der Waals surface area contributed by atoms with Crippen LogP contribution in [0.1, 0.15) is 125 Å². The summed E-state index contributed by atoms with van der Waals surface area (Å²) in [6, 6.07) is -1.31. The van der Waals surface area contributed by atoms with E-state index in [1.165, 1.54) is 32.1 Å². The molecule has 0 radical (unpaired) electrons. The van der Waals surface area contributed by atoms with Gasteiger partial charge in [0.1, 0.15) is 6.04 Å². The van der Waals surface area contributed by atoms with Crippen molar-refractivity contribution in [3.05, 3.63) is 0 Å². The summed E-state index contributed by atoms with van der Waals surface area (Å²) in [7, 11) is -0.521. The van der Waals surface area contributed by atoms with Crippen molar-refractivity contribution < 1.29 is 23.7 Å². The fraction of sp³-hybridized carbons (Fsp3) is 0.903. The topological polar surface area (TPSA) is 132 Å². The van der Waals surface area contributed by atoms with E-state index in [9.17, 15) is 14.4 Å². The van der Waals surface area contributed by atoms with Crippen molar-refractivity contribution in [1.82, 2.24) is 16.0 Å². The van der Waals surface area contributed by atoms with E-state index in [2.05, 4.69) is 57.5 Å². The van der Waals surface area contributed by atoms with Gasteiger partial charge in [-0.05, 0) is 68.6 Å². The quantitative estimate of drug-likeness (QED) is 0.137. The van der Waals surface area contributed by atoms with Crippen molar-refractivity contribution >= 4 is 25.0 Å². The lowest BCUT2D eigenvalue weighted by Crippen LogP contribution is -2.65. The second-order valence-corrected chi connectivity index (χ2v) is 14.0. The molecule has 4 fully saturated rings. The van der Waals surface area contributed by atoms with Crippen LogP contribution >= 0.6 is 0 Å². The first-order valence-corrected chi connectivity index (χ1v) is 16.3. The fourth-order valence-electron chi connectivity index (χ4n) is 7.40. The summed E-state index contributed by atoms with van der Waals surface area (Å²) in [5, 5.41) is 8.74. The summed E-state index contributed by atoms with van der Waals surface area (Å²) in [6.07, 6.45) is 12.1. The number of carbonyl (C=O) groups is 3. The Morgan fingerprint density at radius 3 is 2.29 bits per heavy atom. The van der Waals surface area contributed by atoms with Crippen LogP contribution < -0.4 is 21.7 Å². The van der Waals surface area contributed by atoms with Crippen molar-refractivity contribution in [3.8, 4) is 0 Å². The standard InChI is InChI=1S/C31H57BN4O5/c1-7-8-9-10-11-12-13-16-27(37)35-23(15-14-17-34-29(33)39)28(38)36-26(18-21(2)3)32-40-25-20-22-19-24(30(22,4)5)31(25,6)41-32/h21-26H,7-20H2,1-6H3,(H,35,37)(H,36,38)(H3,33,34,39)/t22-,23-,24-,25+,26-,31-/m0/s1. The van der Waals surface area contributed by atoms with E-state index in [1.54, 1.807) is 0 Å². The van der Waals surface area contributed by atoms with Gasteiger partial charge < -0.3 is 31.0 Å². The predicted molar refractivity (Wildman–Crippen MR) is 163 cm³/mol. The highest BCUT2D eigenvalue weighted by molar-refractivity contribution is 6.48. The molecule has 41 heavy (non-hydrogen) atoms. The molecule has 4 rings (SSSR count). The fourth-order valence-corrected chi connectivity index (χ4v) is 7.40. The number of hydrogen-bond donors (Lipinski definition) is 4. The monoisotopic (exact) mass is 576 g/mol. The van der Waals surface area contributed by atoms with Gasteiger partial charge in [0.15, 0.2) is 0 Å². The minimum atomic E-state index is -0.706. The molecule has 0 unspecified atom stereocenters. The number of rotatable bonds is 18. The Morgan fingerprint density at radius 2 is 1.66 bits per heavy atom. The Balaban J connectivity index is 1.60. The number of hydrogen-bond acceptors (Lipinski definition) is 5. The number of urea groups is 1. The summed E-state index contributed by atoms with van der Waals surface area (Å²) in [5.41, 5.74) is 5.09. The maximum Gasteiger partial charge on any atom is 0.481 e. The minimum Gasteiger partial charge on any atom is -0.404 e. The van der Waals surface area contributed by atoms with Gasteiger partial charge in [-0.15, -0.1) is 0 Å². The molecule has 2 bridgehead atoms. The van der Waals surface area contributed by atoms with E-state index in [0.717, 1.165) is 25.7 Å². The van der Waals surface area contributed by atoms with Crippen LogP contribution in [0.5, 0.6) is 0 Å². The molecule has 0 aromatic heterocycles. The normalized spacial score (nSPS) is 27.5. The SMILES string of the molecule is CCCCCCCCCC(=O)N[C@@H](CCCNC(N)=O)C(=O)N[C@@H](CC(C)C)B1O[C@@H]2C[C@@H]3C[C@@H](C3(C)C)[C@]2(C)O1. The number of primary amides is 1. The lowest BCUT2D eigenvalue weighted by Gasteiger charge is -2.64. The molecule has 5 N–H and O–H groups in total. The average Bonchev–Trinajstić information content (AvgIpc) is 3.26. The summed E-state index contributed by atoms with van der Waals surface area (Å²) in [4.78, 5) is 37.6. The molecule has 0 aromatic carbocycles. The number of carbonyl (C=O) groups excluding carboxylic acids is 3. The molecule has 6 atom stereocenters. The molecular formula is C31H57BN4O5. The van der Waals surface area contributed by atoms with Gasteiger partial charge in [0, 0.05) is 13.0 Å². The molecule has 3 aliphatic carbocycles. The summed E-state index contributed by atoms with van der Waals surface area (Å²) < 4.78 is 13.2. The molecule has 9 nitrogen and oxygen atoms in total. The number of nitrogens with one attached hydrogen (secondary N) is 3. The van der Waals surface area contributed by atoms with Crippen LogP contribution in [0.15, 0.2) is 0 Å². The third kappa shape index (κ3) is 8.85. The average molecular weight is 577 g/mol. The van der Waals surface area contributed by atoms with Crippen LogP contribution in [-0.2, 0) is 18.9 Å². The summed E-state index contributed by atoms with van der Waals surface area (Å²) in [6.45, 7) is 13.7. The Hall–Kier alpha value is -1.81. The molecule has 0 spiro atoms. The number of amides is 4. The van der Waals surface area contributed by atoms with Crippen LogP contribution in [0.25, 0.3) is 0 Å². The van der Waals surface area contributed by atoms with Crippen LogP contribution in [0.2, 0.25) is 0 Å². The summed E-state index contributed by atoms with van der Waals surface area (Å²) in [5.74, 6) is 0.733. The Labute approximate surface area is 248 Å². The molecule has 10 heteroatoms. The van der Waals surface area contributed by atoms with Gasteiger partial charge in [0.25, 0.3) is 0 Å². The van der Waals surface area contributed by atoms with Gasteiger partial charge in [-0.25, -0.2) is 4.79 Å². The lowest BCUT2D eigenvalue weighted by molar-refractivity contribution is -0.199. The van der Waals surface area contributed by atoms with E-state index < -0.39 is 19.2 Å². The van der Waals surface area contributed by atoms with Crippen molar-refractivity contribution in [1.29, 1.82) is 0 Å². The van der Waals surface area contributed by atoms with E-state index >= 15 is 0 Å². The van der Waals surface area contributed by atoms with Crippen molar-refractivity contribution in [2.24, 2.45) is 28.9 Å². The molecular weight excluding hydrogens is 519 g/mol. The summed E-state index contributed by atoms with van der Waals surface area (Å²) >= 11 is 0. The van der Waals surface area contributed by atoms with Gasteiger partial charge in [-0.1, -0.05) is 73.1 Å². The first-order valence-electron chi connectivity index (χ1n) is 16.3. The molecule has 234 valence electrons. The second kappa shape index (κ2) is 15.1. The van der Waals surface area contributed by atoms with Crippen molar-refractivity contribution in [2.45, 2.75) is 149 Å². The Bertz CT molecular complexity index is 887. The molecule has 0 aromatic rings. The molecule has 4 amide bonds. The molecule has 4 aliphatic rings. The van der Waals surface area contributed by atoms with E-state index in [4.69, 9.17) is 15.0 Å². The van der Waals surface area contributed by atoms with Gasteiger partial charge in [0.2, 0.25) is 11.8 Å². The van der Waals surface area contributed by atoms with Gasteiger partial charge in [0.05, 0.1) is 17.6 Å². The number of unbranched alkanes of at least 4 members (excludes halogenated alkanes) is 6. The van der Waals surface area contributed by atoms with Crippen LogP contribution in [0.4, 0.5) is 4.79 Å². The largest absolute Gasteiger partial charge is 0.481 e. The first kappa shape index (κ1) is 33.7. The minimum absolute atomic E-state index is 0.0354. The molecule has 3 saturated carbocycles. The zero-order valence-corrected chi connectivity index (χ0v) is 26.6. The third-order valence-electron chi connectivity index (χ3n) is 9.98. The van der Waals surface area contributed by atoms with E-state index in [1.807, 2.05) is 0 Å². The van der Waals surface area contributed by atoms with Crippen LogP contribution in [0, 0.1) is 23.2 Å². The van der Waals surface area contributed by atoms with Gasteiger partial charge in [-0.2, -0.15) is 0 Å². The molecule has 1 heterocycles. The maximum atomic E-state index is 13.7. The Morgan fingerprint density at radius 1 is 0.976 bits per heavy atom. The third-order valence-corrected chi connectivity index (χ3v) is 9.98. The van der Waals surface area contributed by atoms with Crippen molar-refractivity contribution in [2.75, 3.05) is 6.54 Å². The zero-order valence-electron chi connectivity index (χ0n) is 26.6. The van der Waals surface area contributed by atoms with E-state index in [-0.39, 0.29) is 34.9 Å². The Kier molecular flexibility index (Phi) is 12.4. The second-order valence-electron chi connectivity index (χ2n) is 14.0. The van der Waals surface area contributed by atoms with Gasteiger partial charge in [-0.3, -0.25) is 9.59 Å². The highest BCUT2D eigenvalue weighted by atomic mass is 16.7. The maximum absolute atomic E-state index is 13.7. The van der Waals surface area contributed by atoms with E-state index in [0.29, 0.717) is 50.0 Å². The molecule has 1 saturated heterocycles. The van der Waals surface area contributed by atoms with Crippen LogP contribution in [0.3, 0.4) is 0 Å². The highest BCUT2D eigenvalue weighted by Crippen LogP contribution is 2.65. The number of nitrogens with two attached hydrogens (primary N) is 1. The first-order chi connectivity index (χ1) is 19.4. The smallest absolute Gasteiger partial charge is 0.404 e. The van der Waals surface area contributed by atoms with Crippen LogP contribution in [-0.4, -0.2) is 55.2 Å².